The topological polar surface area (TPSA) is 9.23 Å². The van der Waals surface area contributed by atoms with Gasteiger partial charge in [0.25, 0.3) is 0 Å². The van der Waals surface area contributed by atoms with Gasteiger partial charge in [0.2, 0.25) is 0 Å². The van der Waals surface area contributed by atoms with Crippen LogP contribution in [-0.2, 0) is 4.74 Å². The van der Waals surface area contributed by atoms with Crippen molar-refractivity contribution in [1.82, 2.24) is 0 Å². The molecule has 0 unspecified atom stereocenters. The van der Waals surface area contributed by atoms with E-state index in [0.717, 1.165) is 25.2 Å². The van der Waals surface area contributed by atoms with Crippen LogP contribution in [0.15, 0.2) is 30.2 Å². The van der Waals surface area contributed by atoms with Crippen LogP contribution in [0.3, 0.4) is 0 Å². The quantitative estimate of drug-likeness (QED) is 0.382. The second-order valence-corrected chi connectivity index (χ2v) is 1.92. The summed E-state index contributed by atoms with van der Waals surface area (Å²) in [7, 11) is 0. The summed E-state index contributed by atoms with van der Waals surface area (Å²) in [6.45, 7) is 4.39. The molecule has 0 saturated carbocycles. The van der Waals surface area contributed by atoms with E-state index in [9.17, 15) is 0 Å². The fourth-order valence-electron chi connectivity index (χ4n) is 0.766. The number of hydrogen-bond acceptors (Lipinski definition) is 1. The third-order valence-electron chi connectivity index (χ3n) is 1.19. The highest BCUT2D eigenvalue weighted by molar-refractivity contribution is 5.03. The number of hydrogen-bond donors (Lipinski definition) is 0. The van der Waals surface area contributed by atoms with Gasteiger partial charge in [-0.05, 0) is 12.5 Å². The number of rotatable bonds is 1. The van der Waals surface area contributed by atoms with Crippen molar-refractivity contribution in [1.29, 1.82) is 0 Å². The summed E-state index contributed by atoms with van der Waals surface area (Å²) in [6, 6.07) is 0. The molecule has 0 radical (unpaired) electrons. The summed E-state index contributed by atoms with van der Waals surface area (Å²) >= 11 is 0. The summed E-state index contributed by atoms with van der Waals surface area (Å²) in [5.41, 5.74) is 2.98. The van der Waals surface area contributed by atoms with Crippen LogP contribution >= 0.6 is 0 Å². The van der Waals surface area contributed by atoms with Crippen LogP contribution in [0.2, 0.25) is 0 Å². The van der Waals surface area contributed by atoms with Gasteiger partial charge in [0, 0.05) is 6.42 Å². The van der Waals surface area contributed by atoms with Gasteiger partial charge in [-0.25, -0.2) is 0 Å². The Morgan fingerprint density at radius 1 is 1.67 bits per heavy atom. The summed E-state index contributed by atoms with van der Waals surface area (Å²) in [5.74, 6) is 0.968. The minimum atomic E-state index is 0.854. The highest BCUT2D eigenvalue weighted by Gasteiger charge is 2.04. The second kappa shape index (κ2) is 3.16. The normalized spacial score (nSPS) is 16.2. The van der Waals surface area contributed by atoms with Crippen molar-refractivity contribution in [3.8, 4) is 0 Å². The van der Waals surface area contributed by atoms with E-state index < -0.39 is 0 Å². The van der Waals surface area contributed by atoms with Crippen molar-refractivity contribution in [3.05, 3.63) is 30.2 Å². The zero-order chi connectivity index (χ0) is 6.53. The van der Waals surface area contributed by atoms with E-state index in [2.05, 4.69) is 12.3 Å². The molecule has 1 fully saturated rings. The van der Waals surface area contributed by atoms with Gasteiger partial charge >= 0.3 is 0 Å². The molecule has 1 aliphatic rings. The number of ether oxygens (including phenoxy) is 1. The Labute approximate surface area is 55.3 Å². The first-order valence-electron chi connectivity index (χ1n) is 3.13. The highest BCUT2D eigenvalue weighted by Crippen LogP contribution is 2.13. The Hall–Kier alpha value is -0.940. The van der Waals surface area contributed by atoms with Gasteiger partial charge in [0.15, 0.2) is 0 Å². The van der Waals surface area contributed by atoms with Crippen molar-refractivity contribution >= 4 is 0 Å². The van der Waals surface area contributed by atoms with E-state index in [1.807, 2.05) is 0 Å². The first-order chi connectivity index (χ1) is 4.43. The molecule has 0 atom stereocenters. The summed E-state index contributed by atoms with van der Waals surface area (Å²) in [4.78, 5) is 0. The Morgan fingerprint density at radius 3 is 3.11 bits per heavy atom. The van der Waals surface area contributed by atoms with Crippen LogP contribution in [0.4, 0.5) is 0 Å². The fourth-order valence-corrected chi connectivity index (χ4v) is 0.766. The van der Waals surface area contributed by atoms with E-state index in [4.69, 9.17) is 4.74 Å². The maximum atomic E-state index is 5.18. The van der Waals surface area contributed by atoms with Gasteiger partial charge in [0.05, 0.1) is 6.61 Å². The minimum absolute atomic E-state index is 0.854. The van der Waals surface area contributed by atoms with Gasteiger partial charge in [-0.15, -0.1) is 0 Å². The molecule has 0 N–H and O–H groups in total. The van der Waals surface area contributed by atoms with Crippen LogP contribution in [0.25, 0.3) is 0 Å². The smallest absolute Gasteiger partial charge is 0.138 e. The van der Waals surface area contributed by atoms with Crippen LogP contribution in [0, 0.1) is 0 Å². The van der Waals surface area contributed by atoms with Crippen molar-refractivity contribution in [2.45, 2.75) is 12.8 Å². The molecule has 9 heavy (non-hydrogen) atoms. The first kappa shape index (κ1) is 6.18. The minimum Gasteiger partial charge on any atom is -0.490 e. The molecule has 1 saturated heterocycles. The van der Waals surface area contributed by atoms with E-state index in [0.29, 0.717) is 0 Å². The zero-order valence-corrected chi connectivity index (χ0v) is 5.39. The lowest BCUT2D eigenvalue weighted by Crippen LogP contribution is -1.74. The standard InChI is InChI=1S/C8H10O/c1-2-3-5-8-6-4-7-9-8/h2-3H,1,4,6-7H2. The van der Waals surface area contributed by atoms with Gasteiger partial charge < -0.3 is 4.74 Å². The molecule has 48 valence electrons. The predicted octanol–water partition coefficient (Wildman–Crippen LogP) is 2.02. The fraction of sp³-hybridized carbons (Fsp3) is 0.375. The molecule has 1 heteroatoms. The Kier molecular flexibility index (Phi) is 2.17. The SMILES string of the molecule is C=CC=C=C1CCCO1. The molecule has 0 aromatic carbocycles. The molecule has 0 spiro atoms. The molecule has 0 amide bonds. The van der Waals surface area contributed by atoms with Crippen LogP contribution < -0.4 is 0 Å². The van der Waals surface area contributed by atoms with Crippen LogP contribution in [0.5, 0.6) is 0 Å². The molecule has 1 nitrogen and oxygen atoms in total. The first-order valence-corrected chi connectivity index (χ1v) is 3.13. The number of allylic oxidation sites excluding steroid dienone is 2. The predicted molar refractivity (Wildman–Crippen MR) is 37.0 cm³/mol. The molecular formula is C8H10O. The van der Waals surface area contributed by atoms with Crippen molar-refractivity contribution in [2.24, 2.45) is 0 Å². The molecule has 1 heterocycles. The molecule has 0 bridgehead atoms. The third-order valence-corrected chi connectivity index (χ3v) is 1.19. The summed E-state index contributed by atoms with van der Waals surface area (Å²) < 4.78 is 5.18. The monoisotopic (exact) mass is 122 g/mol. The molecule has 0 aliphatic carbocycles. The Morgan fingerprint density at radius 2 is 2.56 bits per heavy atom. The van der Waals surface area contributed by atoms with E-state index in [1.165, 1.54) is 0 Å². The van der Waals surface area contributed by atoms with Gasteiger partial charge in [-0.2, -0.15) is 0 Å². The van der Waals surface area contributed by atoms with Crippen LogP contribution in [-0.4, -0.2) is 6.61 Å². The molecule has 1 aliphatic heterocycles. The summed E-state index contributed by atoms with van der Waals surface area (Å²) in [5, 5.41) is 0. The lowest BCUT2D eigenvalue weighted by Gasteiger charge is -1.88. The van der Waals surface area contributed by atoms with E-state index >= 15 is 0 Å². The highest BCUT2D eigenvalue weighted by atomic mass is 16.5. The average molecular weight is 122 g/mol. The average Bonchev–Trinajstić information content (AvgIpc) is 2.34. The maximum absolute atomic E-state index is 5.18. The Balaban J connectivity index is 2.58. The van der Waals surface area contributed by atoms with Gasteiger partial charge in [0.1, 0.15) is 5.76 Å². The van der Waals surface area contributed by atoms with Crippen molar-refractivity contribution in [2.75, 3.05) is 6.61 Å². The van der Waals surface area contributed by atoms with Gasteiger partial charge in [-0.3, -0.25) is 0 Å². The molecule has 1 rings (SSSR count). The largest absolute Gasteiger partial charge is 0.490 e. The maximum Gasteiger partial charge on any atom is 0.138 e. The van der Waals surface area contributed by atoms with Crippen molar-refractivity contribution in [3.63, 3.8) is 0 Å². The molecular weight excluding hydrogens is 112 g/mol. The van der Waals surface area contributed by atoms with Crippen molar-refractivity contribution < 1.29 is 4.74 Å². The lowest BCUT2D eigenvalue weighted by molar-refractivity contribution is 0.264. The van der Waals surface area contributed by atoms with Crippen LogP contribution in [0.1, 0.15) is 12.8 Å². The molecule has 0 aromatic heterocycles. The third kappa shape index (κ3) is 1.79. The van der Waals surface area contributed by atoms with E-state index in [1.54, 1.807) is 12.2 Å². The summed E-state index contributed by atoms with van der Waals surface area (Å²) in [6.07, 6.45) is 5.65. The Bertz CT molecular complexity index is 153. The van der Waals surface area contributed by atoms with Gasteiger partial charge in [-0.1, -0.05) is 18.4 Å². The lowest BCUT2D eigenvalue weighted by atomic mass is 10.3. The molecule has 0 aromatic rings. The zero-order valence-electron chi connectivity index (χ0n) is 5.39. The van der Waals surface area contributed by atoms with E-state index in [-0.39, 0.29) is 0 Å². The second-order valence-electron chi connectivity index (χ2n) is 1.92.